The van der Waals surface area contributed by atoms with Crippen LogP contribution in [0, 0.1) is 0 Å². The summed E-state index contributed by atoms with van der Waals surface area (Å²) in [5, 5.41) is 0.495. The highest BCUT2D eigenvalue weighted by Gasteiger charge is 2.15. The van der Waals surface area contributed by atoms with Gasteiger partial charge in [-0.15, -0.1) is 11.8 Å². The molecule has 1 aromatic carbocycles. The molecule has 1 aliphatic heterocycles. The van der Waals surface area contributed by atoms with Crippen molar-refractivity contribution < 1.29 is 9.47 Å². The van der Waals surface area contributed by atoms with Gasteiger partial charge in [0.1, 0.15) is 5.75 Å². The van der Waals surface area contributed by atoms with E-state index in [4.69, 9.17) is 9.47 Å². The second kappa shape index (κ2) is 4.71. The van der Waals surface area contributed by atoms with Gasteiger partial charge in [-0.2, -0.15) is 0 Å². The highest BCUT2D eigenvalue weighted by molar-refractivity contribution is 7.99. The molecule has 0 aromatic heterocycles. The largest absolute Gasteiger partial charge is 0.497 e. The Kier molecular flexibility index (Phi) is 3.32. The van der Waals surface area contributed by atoms with Crippen molar-refractivity contribution in [2.75, 3.05) is 26.1 Å². The summed E-state index contributed by atoms with van der Waals surface area (Å²) in [6.45, 7) is 1.72. The van der Waals surface area contributed by atoms with Crippen LogP contribution in [0.1, 0.15) is 10.8 Å². The van der Waals surface area contributed by atoms with Crippen LogP contribution in [0.15, 0.2) is 24.3 Å². The topological polar surface area (TPSA) is 18.5 Å². The second-order valence-corrected chi connectivity index (χ2v) is 4.52. The van der Waals surface area contributed by atoms with Gasteiger partial charge in [-0.3, -0.25) is 0 Å². The average molecular weight is 210 g/mol. The third-order valence-electron chi connectivity index (χ3n) is 2.30. The SMILES string of the molecule is COc1ccc(C2COCCS2)cc1. The molecular formula is C11H14O2S. The predicted molar refractivity (Wildman–Crippen MR) is 59.0 cm³/mol. The third kappa shape index (κ3) is 2.22. The van der Waals surface area contributed by atoms with Crippen LogP contribution < -0.4 is 4.74 Å². The van der Waals surface area contributed by atoms with Crippen molar-refractivity contribution in [3.8, 4) is 5.75 Å². The average Bonchev–Trinajstić information content (AvgIpc) is 2.30. The monoisotopic (exact) mass is 210 g/mol. The number of hydrogen-bond acceptors (Lipinski definition) is 3. The molecule has 1 heterocycles. The zero-order chi connectivity index (χ0) is 9.80. The highest BCUT2D eigenvalue weighted by atomic mass is 32.2. The number of rotatable bonds is 2. The minimum Gasteiger partial charge on any atom is -0.497 e. The minimum absolute atomic E-state index is 0.495. The standard InChI is InChI=1S/C11H14O2S/c1-12-10-4-2-9(3-5-10)11-8-13-6-7-14-11/h2-5,11H,6-8H2,1H3. The van der Waals surface area contributed by atoms with Crippen LogP contribution in [0.4, 0.5) is 0 Å². The van der Waals surface area contributed by atoms with Crippen molar-refractivity contribution in [1.82, 2.24) is 0 Å². The van der Waals surface area contributed by atoms with Crippen LogP contribution in [0.25, 0.3) is 0 Å². The number of methoxy groups -OCH3 is 1. The number of thioether (sulfide) groups is 1. The molecule has 76 valence electrons. The maximum atomic E-state index is 5.44. The predicted octanol–water partition coefficient (Wildman–Crippen LogP) is 2.50. The van der Waals surface area contributed by atoms with Crippen molar-refractivity contribution in [1.29, 1.82) is 0 Å². The summed E-state index contributed by atoms with van der Waals surface area (Å²) in [6, 6.07) is 8.24. The summed E-state index contributed by atoms with van der Waals surface area (Å²) in [4.78, 5) is 0. The first-order chi connectivity index (χ1) is 6.90. The Bertz CT molecular complexity index is 278. The van der Waals surface area contributed by atoms with Crippen molar-refractivity contribution in [3.63, 3.8) is 0 Å². The zero-order valence-corrected chi connectivity index (χ0v) is 9.05. The molecule has 1 fully saturated rings. The minimum atomic E-state index is 0.495. The molecule has 0 radical (unpaired) electrons. The smallest absolute Gasteiger partial charge is 0.118 e. The molecule has 0 N–H and O–H groups in total. The van der Waals surface area contributed by atoms with E-state index in [0.717, 1.165) is 24.7 Å². The van der Waals surface area contributed by atoms with Gasteiger partial charge in [0.05, 0.1) is 25.6 Å². The van der Waals surface area contributed by atoms with Crippen LogP contribution in [0.5, 0.6) is 5.75 Å². The van der Waals surface area contributed by atoms with Crippen LogP contribution in [-0.4, -0.2) is 26.1 Å². The Morgan fingerprint density at radius 3 is 2.71 bits per heavy atom. The molecule has 1 saturated heterocycles. The van der Waals surface area contributed by atoms with E-state index in [-0.39, 0.29) is 0 Å². The molecule has 3 heteroatoms. The molecule has 14 heavy (non-hydrogen) atoms. The van der Waals surface area contributed by atoms with Crippen molar-refractivity contribution in [2.45, 2.75) is 5.25 Å². The fourth-order valence-electron chi connectivity index (χ4n) is 1.50. The van der Waals surface area contributed by atoms with E-state index in [1.807, 2.05) is 23.9 Å². The van der Waals surface area contributed by atoms with E-state index in [0.29, 0.717) is 5.25 Å². The zero-order valence-electron chi connectivity index (χ0n) is 8.23. The van der Waals surface area contributed by atoms with E-state index in [1.165, 1.54) is 5.56 Å². The first-order valence-electron chi connectivity index (χ1n) is 4.73. The molecule has 0 aliphatic carbocycles. The van der Waals surface area contributed by atoms with Gasteiger partial charge in [-0.25, -0.2) is 0 Å². The summed E-state index contributed by atoms with van der Waals surface area (Å²) < 4.78 is 10.6. The number of hydrogen-bond donors (Lipinski definition) is 0. The van der Waals surface area contributed by atoms with E-state index >= 15 is 0 Å². The molecule has 0 bridgehead atoms. The first kappa shape index (κ1) is 9.87. The fraction of sp³-hybridized carbons (Fsp3) is 0.455. The molecule has 1 unspecified atom stereocenters. The lowest BCUT2D eigenvalue weighted by Crippen LogP contribution is -2.14. The maximum absolute atomic E-state index is 5.44. The van der Waals surface area contributed by atoms with E-state index in [1.54, 1.807) is 7.11 Å². The molecule has 2 nitrogen and oxygen atoms in total. The normalized spacial score (nSPS) is 21.9. The fourth-order valence-corrected chi connectivity index (χ4v) is 2.54. The lowest BCUT2D eigenvalue weighted by Gasteiger charge is -2.22. The summed E-state index contributed by atoms with van der Waals surface area (Å²) in [5.74, 6) is 2.01. The van der Waals surface area contributed by atoms with Gasteiger partial charge in [-0.1, -0.05) is 12.1 Å². The molecule has 0 saturated carbocycles. The molecule has 0 spiro atoms. The van der Waals surface area contributed by atoms with E-state index < -0.39 is 0 Å². The van der Waals surface area contributed by atoms with Crippen LogP contribution >= 0.6 is 11.8 Å². The number of benzene rings is 1. The van der Waals surface area contributed by atoms with E-state index in [9.17, 15) is 0 Å². The van der Waals surface area contributed by atoms with Crippen LogP contribution in [0.3, 0.4) is 0 Å². The Hall–Kier alpha value is -0.670. The quantitative estimate of drug-likeness (QED) is 0.747. The molecule has 2 rings (SSSR count). The van der Waals surface area contributed by atoms with Gasteiger partial charge in [0.25, 0.3) is 0 Å². The lowest BCUT2D eigenvalue weighted by atomic mass is 10.1. The van der Waals surface area contributed by atoms with Gasteiger partial charge in [-0.05, 0) is 17.7 Å². The molecule has 1 atom stereocenters. The van der Waals surface area contributed by atoms with Gasteiger partial charge in [0, 0.05) is 5.75 Å². The maximum Gasteiger partial charge on any atom is 0.118 e. The summed E-state index contributed by atoms with van der Waals surface area (Å²) >= 11 is 1.96. The second-order valence-electron chi connectivity index (χ2n) is 3.21. The number of ether oxygens (including phenoxy) is 2. The summed E-state index contributed by atoms with van der Waals surface area (Å²) in [5.41, 5.74) is 1.33. The van der Waals surface area contributed by atoms with Crippen LogP contribution in [0.2, 0.25) is 0 Å². The Morgan fingerprint density at radius 1 is 1.36 bits per heavy atom. The van der Waals surface area contributed by atoms with Crippen molar-refractivity contribution in [2.24, 2.45) is 0 Å². The molecule has 1 aromatic rings. The first-order valence-corrected chi connectivity index (χ1v) is 5.78. The lowest BCUT2D eigenvalue weighted by molar-refractivity contribution is 0.143. The van der Waals surface area contributed by atoms with Gasteiger partial charge >= 0.3 is 0 Å². The van der Waals surface area contributed by atoms with Crippen LogP contribution in [-0.2, 0) is 4.74 Å². The van der Waals surface area contributed by atoms with Gasteiger partial charge in [0.2, 0.25) is 0 Å². The molecule has 1 aliphatic rings. The Labute approximate surface area is 88.6 Å². The van der Waals surface area contributed by atoms with Gasteiger partial charge < -0.3 is 9.47 Å². The van der Waals surface area contributed by atoms with E-state index in [2.05, 4.69) is 12.1 Å². The highest BCUT2D eigenvalue weighted by Crippen LogP contribution is 2.32. The summed E-state index contributed by atoms with van der Waals surface area (Å²) in [6.07, 6.45) is 0. The molecule has 0 amide bonds. The molecular weight excluding hydrogens is 196 g/mol. The van der Waals surface area contributed by atoms with Crippen molar-refractivity contribution >= 4 is 11.8 Å². The Balaban J connectivity index is 2.07. The third-order valence-corrected chi connectivity index (χ3v) is 3.52. The Morgan fingerprint density at radius 2 is 2.14 bits per heavy atom. The van der Waals surface area contributed by atoms with Gasteiger partial charge in [0.15, 0.2) is 0 Å². The summed E-state index contributed by atoms with van der Waals surface area (Å²) in [7, 11) is 1.69. The van der Waals surface area contributed by atoms with Crippen molar-refractivity contribution in [3.05, 3.63) is 29.8 Å².